The molecule has 0 aliphatic carbocycles. The average Bonchev–Trinajstić information content (AvgIpc) is 2.51. The minimum atomic E-state index is -0.881. The molecule has 2 aromatic rings. The molecule has 0 spiro atoms. The second kappa shape index (κ2) is 6.75. The van der Waals surface area contributed by atoms with Gasteiger partial charge in [-0.15, -0.1) is 0 Å². The molecule has 2 N–H and O–H groups in total. The summed E-state index contributed by atoms with van der Waals surface area (Å²) in [5.74, 6) is 1.97. The molecule has 1 aromatic heterocycles. The van der Waals surface area contributed by atoms with E-state index in [1.54, 1.807) is 7.11 Å². The first kappa shape index (κ1) is 16.2. The Kier molecular flexibility index (Phi) is 4.98. The fraction of sp³-hybridized carbons (Fsp3) is 0.412. The summed E-state index contributed by atoms with van der Waals surface area (Å²) < 4.78 is 5.24. The number of ether oxygens (including phenoxy) is 1. The predicted octanol–water partition coefficient (Wildman–Crippen LogP) is 2.81. The summed E-state index contributed by atoms with van der Waals surface area (Å²) in [7, 11) is 1.60. The number of methoxy groups -OCH3 is 1. The van der Waals surface area contributed by atoms with Crippen LogP contribution in [0.15, 0.2) is 30.3 Å². The van der Waals surface area contributed by atoms with Crippen molar-refractivity contribution in [3.63, 3.8) is 0 Å². The summed E-state index contributed by atoms with van der Waals surface area (Å²) in [6.07, 6.45) is 0.571. The van der Waals surface area contributed by atoms with Crippen LogP contribution in [0.3, 0.4) is 0 Å². The normalized spacial score (nSPS) is 13.5. The van der Waals surface area contributed by atoms with Crippen molar-refractivity contribution in [2.75, 3.05) is 19.0 Å². The number of hydrogen-bond acceptors (Lipinski definition) is 5. The molecule has 0 amide bonds. The molecule has 5 heteroatoms. The van der Waals surface area contributed by atoms with Gasteiger partial charge in [0, 0.05) is 6.54 Å². The molecular weight excluding hydrogens is 278 g/mol. The van der Waals surface area contributed by atoms with Crippen LogP contribution in [-0.2, 0) is 5.60 Å². The number of nitrogens with one attached hydrogen (secondary N) is 1. The first-order valence-corrected chi connectivity index (χ1v) is 7.35. The zero-order chi connectivity index (χ0) is 16.2. The van der Waals surface area contributed by atoms with Gasteiger partial charge in [0.1, 0.15) is 11.6 Å². The first-order valence-electron chi connectivity index (χ1n) is 7.35. The first-order chi connectivity index (χ1) is 10.4. The summed E-state index contributed by atoms with van der Waals surface area (Å²) in [5.41, 5.74) is 0.895. The number of hydrogen-bond donors (Lipinski definition) is 2. The summed E-state index contributed by atoms with van der Waals surface area (Å²) in [6, 6.07) is 9.67. The highest BCUT2D eigenvalue weighted by Gasteiger charge is 2.22. The number of aliphatic hydroxyl groups is 1. The van der Waals surface area contributed by atoms with Crippen molar-refractivity contribution in [1.29, 1.82) is 0 Å². The van der Waals surface area contributed by atoms with Crippen LogP contribution in [0.4, 0.5) is 5.82 Å². The highest BCUT2D eigenvalue weighted by atomic mass is 16.5. The van der Waals surface area contributed by atoms with Crippen molar-refractivity contribution < 1.29 is 9.84 Å². The lowest BCUT2D eigenvalue weighted by Crippen LogP contribution is -2.25. The molecule has 1 heterocycles. The maximum Gasteiger partial charge on any atom is 0.221 e. The van der Waals surface area contributed by atoms with Gasteiger partial charge in [-0.2, -0.15) is 4.98 Å². The molecule has 0 aliphatic heterocycles. The van der Waals surface area contributed by atoms with E-state index in [1.807, 2.05) is 51.1 Å². The van der Waals surface area contributed by atoms with E-state index in [-0.39, 0.29) is 0 Å². The van der Waals surface area contributed by atoms with Crippen LogP contribution in [0.5, 0.6) is 5.88 Å². The van der Waals surface area contributed by atoms with Crippen LogP contribution in [0.2, 0.25) is 0 Å². The monoisotopic (exact) mass is 301 g/mol. The third-order valence-electron chi connectivity index (χ3n) is 3.71. The Balaban J connectivity index is 2.04. The lowest BCUT2D eigenvalue weighted by molar-refractivity contribution is 0.0515. The molecule has 0 saturated heterocycles. The van der Waals surface area contributed by atoms with E-state index in [2.05, 4.69) is 15.3 Å². The van der Waals surface area contributed by atoms with Crippen LogP contribution in [0.1, 0.15) is 30.3 Å². The molecule has 22 heavy (non-hydrogen) atoms. The van der Waals surface area contributed by atoms with Gasteiger partial charge in [0.25, 0.3) is 0 Å². The van der Waals surface area contributed by atoms with Crippen molar-refractivity contribution >= 4 is 5.82 Å². The van der Waals surface area contributed by atoms with Crippen molar-refractivity contribution in [2.45, 2.75) is 32.8 Å². The lowest BCUT2D eigenvalue weighted by atomic mass is 9.93. The second-order valence-corrected chi connectivity index (χ2v) is 5.57. The number of benzene rings is 1. The van der Waals surface area contributed by atoms with Crippen LogP contribution in [0.25, 0.3) is 0 Å². The molecule has 118 valence electrons. The van der Waals surface area contributed by atoms with Gasteiger partial charge < -0.3 is 15.2 Å². The number of anilines is 1. The van der Waals surface area contributed by atoms with E-state index in [9.17, 15) is 5.11 Å². The van der Waals surface area contributed by atoms with Gasteiger partial charge in [-0.25, -0.2) is 4.98 Å². The summed E-state index contributed by atoms with van der Waals surface area (Å²) >= 11 is 0. The largest absolute Gasteiger partial charge is 0.481 e. The second-order valence-electron chi connectivity index (χ2n) is 5.57. The molecule has 5 nitrogen and oxygen atoms in total. The molecule has 1 atom stereocenters. The van der Waals surface area contributed by atoms with Gasteiger partial charge in [-0.1, -0.05) is 30.3 Å². The molecule has 0 aliphatic rings. The van der Waals surface area contributed by atoms with Gasteiger partial charge >= 0.3 is 0 Å². The average molecular weight is 301 g/mol. The third kappa shape index (κ3) is 3.74. The SMILES string of the molecule is COc1nc(C)nc(NCCC(C)(O)c2ccccc2)c1C. The lowest BCUT2D eigenvalue weighted by Gasteiger charge is -2.24. The third-order valence-corrected chi connectivity index (χ3v) is 3.71. The Morgan fingerprint density at radius 3 is 2.50 bits per heavy atom. The van der Waals surface area contributed by atoms with Crippen molar-refractivity contribution in [2.24, 2.45) is 0 Å². The van der Waals surface area contributed by atoms with Gasteiger partial charge in [0.05, 0.1) is 18.3 Å². The maximum absolute atomic E-state index is 10.6. The molecule has 0 bridgehead atoms. The number of rotatable bonds is 6. The predicted molar refractivity (Wildman–Crippen MR) is 87.2 cm³/mol. The molecular formula is C17H23N3O2. The Hall–Kier alpha value is -2.14. The van der Waals surface area contributed by atoms with Crippen LogP contribution < -0.4 is 10.1 Å². The van der Waals surface area contributed by atoms with Crippen molar-refractivity contribution in [3.05, 3.63) is 47.3 Å². The van der Waals surface area contributed by atoms with E-state index in [4.69, 9.17) is 4.74 Å². The maximum atomic E-state index is 10.6. The fourth-order valence-corrected chi connectivity index (χ4v) is 2.34. The number of aromatic nitrogens is 2. The smallest absolute Gasteiger partial charge is 0.221 e. The Morgan fingerprint density at radius 2 is 1.86 bits per heavy atom. The van der Waals surface area contributed by atoms with E-state index in [1.165, 1.54) is 0 Å². The molecule has 0 fully saturated rings. The highest BCUT2D eigenvalue weighted by molar-refractivity contribution is 5.48. The van der Waals surface area contributed by atoms with Gasteiger partial charge in [0.15, 0.2) is 0 Å². The molecule has 0 radical (unpaired) electrons. The van der Waals surface area contributed by atoms with Gasteiger partial charge in [-0.3, -0.25) is 0 Å². The minimum Gasteiger partial charge on any atom is -0.481 e. The van der Waals surface area contributed by atoms with E-state index < -0.39 is 5.60 Å². The van der Waals surface area contributed by atoms with Crippen LogP contribution >= 0.6 is 0 Å². The van der Waals surface area contributed by atoms with Crippen molar-refractivity contribution in [3.8, 4) is 5.88 Å². The van der Waals surface area contributed by atoms with E-state index in [0.717, 1.165) is 16.9 Å². The fourth-order valence-electron chi connectivity index (χ4n) is 2.34. The van der Waals surface area contributed by atoms with Crippen LogP contribution in [0, 0.1) is 13.8 Å². The summed E-state index contributed by atoms with van der Waals surface area (Å²) in [5, 5.41) is 13.9. The van der Waals surface area contributed by atoms with Crippen molar-refractivity contribution in [1.82, 2.24) is 9.97 Å². The van der Waals surface area contributed by atoms with Gasteiger partial charge in [0.2, 0.25) is 5.88 Å². The van der Waals surface area contributed by atoms with Gasteiger partial charge in [-0.05, 0) is 32.8 Å². The Bertz CT molecular complexity index is 627. The topological polar surface area (TPSA) is 67.3 Å². The standard InChI is InChI=1S/C17H23N3O2/c1-12-15(19-13(2)20-16(12)22-4)18-11-10-17(3,21)14-8-6-5-7-9-14/h5-9,21H,10-11H2,1-4H3,(H,18,19,20). The quantitative estimate of drug-likeness (QED) is 0.859. The molecule has 1 unspecified atom stereocenters. The molecule has 0 saturated carbocycles. The molecule has 2 rings (SSSR count). The zero-order valence-corrected chi connectivity index (χ0v) is 13.6. The summed E-state index contributed by atoms with van der Waals surface area (Å²) in [6.45, 7) is 6.16. The van der Waals surface area contributed by atoms with E-state index in [0.29, 0.717) is 24.7 Å². The minimum absolute atomic E-state index is 0.571. The Labute approximate surface area is 131 Å². The number of nitrogens with zero attached hydrogens (tertiary/aromatic N) is 2. The summed E-state index contributed by atoms with van der Waals surface area (Å²) in [4.78, 5) is 8.62. The number of aryl methyl sites for hydroxylation is 1. The zero-order valence-electron chi connectivity index (χ0n) is 13.6. The molecule has 1 aromatic carbocycles. The highest BCUT2D eigenvalue weighted by Crippen LogP contribution is 2.25. The van der Waals surface area contributed by atoms with E-state index >= 15 is 0 Å². The van der Waals surface area contributed by atoms with Crippen LogP contribution in [-0.4, -0.2) is 28.7 Å². The Morgan fingerprint density at radius 1 is 1.18 bits per heavy atom.